The number of hydrogen-bond acceptors (Lipinski definition) is 3. The van der Waals surface area contributed by atoms with Crippen molar-refractivity contribution in [3.8, 4) is 0 Å². The number of nitrogens with one attached hydrogen (secondary N) is 2. The smallest absolute Gasteiger partial charge is 0.318 e. The van der Waals surface area contributed by atoms with E-state index in [1.54, 1.807) is 17.3 Å². The fourth-order valence-corrected chi connectivity index (χ4v) is 2.64. The van der Waals surface area contributed by atoms with Crippen LogP contribution in [-0.4, -0.2) is 28.4 Å². The summed E-state index contributed by atoms with van der Waals surface area (Å²) in [7, 11) is 0. The third kappa shape index (κ3) is 5.31. The lowest BCUT2D eigenvalue weighted by molar-refractivity contribution is -0.114. The average Bonchev–Trinajstić information content (AvgIpc) is 2.61. The molecular weight excluding hydrogens is 316 g/mol. The molecule has 25 heavy (non-hydrogen) atoms. The van der Waals surface area contributed by atoms with Gasteiger partial charge in [-0.15, -0.1) is 0 Å². The third-order valence-corrected chi connectivity index (χ3v) is 3.93. The van der Waals surface area contributed by atoms with Crippen LogP contribution in [0.1, 0.15) is 37.9 Å². The summed E-state index contributed by atoms with van der Waals surface area (Å²) in [5.41, 5.74) is 2.63. The minimum absolute atomic E-state index is 0.0654. The second-order valence-electron chi connectivity index (χ2n) is 5.79. The topological polar surface area (TPSA) is 74.3 Å². The number of rotatable bonds is 6. The molecule has 0 aliphatic carbocycles. The fourth-order valence-electron chi connectivity index (χ4n) is 2.64. The Morgan fingerprint density at radius 1 is 1.24 bits per heavy atom. The van der Waals surface area contributed by atoms with Crippen molar-refractivity contribution < 1.29 is 9.59 Å². The zero-order valence-corrected chi connectivity index (χ0v) is 14.8. The van der Waals surface area contributed by atoms with Crippen LogP contribution in [0.4, 0.5) is 10.5 Å². The molecule has 0 saturated heterocycles. The standard InChI is InChI=1S/C19H24N4O2/c1-4-23(14(2)17-8-6-10-20-13-17)19(25)21-12-16-7-5-9-18(11-16)22-15(3)24/h5-11,13-14H,4,12H2,1-3H3,(H,21,25)(H,22,24)/t14-/m1/s1. The molecule has 1 heterocycles. The van der Waals surface area contributed by atoms with E-state index in [1.165, 1.54) is 6.92 Å². The van der Waals surface area contributed by atoms with Crippen molar-refractivity contribution in [1.29, 1.82) is 0 Å². The molecule has 2 rings (SSSR count). The van der Waals surface area contributed by atoms with Gasteiger partial charge in [-0.3, -0.25) is 9.78 Å². The molecular formula is C19H24N4O2. The molecule has 6 heteroatoms. The molecule has 1 atom stereocenters. The van der Waals surface area contributed by atoms with Crippen LogP contribution in [0.25, 0.3) is 0 Å². The van der Waals surface area contributed by atoms with E-state index in [0.29, 0.717) is 13.1 Å². The molecule has 2 aromatic rings. The Balaban J connectivity index is 1.99. The van der Waals surface area contributed by atoms with E-state index in [-0.39, 0.29) is 18.0 Å². The normalized spacial score (nSPS) is 11.5. The first kappa shape index (κ1) is 18.4. The van der Waals surface area contributed by atoms with Gasteiger partial charge in [0.1, 0.15) is 0 Å². The summed E-state index contributed by atoms with van der Waals surface area (Å²) in [6.07, 6.45) is 3.49. The first-order valence-electron chi connectivity index (χ1n) is 8.32. The third-order valence-electron chi connectivity index (χ3n) is 3.93. The SMILES string of the molecule is CCN(C(=O)NCc1cccc(NC(C)=O)c1)[C@H](C)c1cccnc1. The Kier molecular flexibility index (Phi) is 6.51. The number of pyridine rings is 1. The summed E-state index contributed by atoms with van der Waals surface area (Å²) < 4.78 is 0. The highest BCUT2D eigenvalue weighted by Crippen LogP contribution is 2.19. The summed E-state index contributed by atoms with van der Waals surface area (Å²) in [4.78, 5) is 29.6. The molecule has 1 aromatic carbocycles. The molecule has 0 bridgehead atoms. The maximum atomic E-state index is 12.5. The number of carbonyl (C=O) groups is 2. The highest BCUT2D eigenvalue weighted by Gasteiger charge is 2.19. The summed E-state index contributed by atoms with van der Waals surface area (Å²) >= 11 is 0. The zero-order valence-electron chi connectivity index (χ0n) is 14.8. The van der Waals surface area contributed by atoms with Crippen LogP contribution in [0, 0.1) is 0 Å². The average molecular weight is 340 g/mol. The number of nitrogens with zero attached hydrogens (tertiary/aromatic N) is 2. The predicted molar refractivity (Wildman–Crippen MR) is 98.0 cm³/mol. The van der Waals surface area contributed by atoms with Crippen molar-refractivity contribution >= 4 is 17.6 Å². The van der Waals surface area contributed by atoms with Crippen molar-refractivity contribution in [2.75, 3.05) is 11.9 Å². The molecule has 0 aliphatic heterocycles. The summed E-state index contributed by atoms with van der Waals surface area (Å²) in [5.74, 6) is -0.122. The monoisotopic (exact) mass is 340 g/mol. The van der Waals surface area contributed by atoms with Gasteiger partial charge in [0.05, 0.1) is 6.04 Å². The van der Waals surface area contributed by atoms with Crippen molar-refractivity contribution in [3.05, 3.63) is 59.9 Å². The van der Waals surface area contributed by atoms with Crippen molar-refractivity contribution in [1.82, 2.24) is 15.2 Å². The van der Waals surface area contributed by atoms with Crippen LogP contribution in [-0.2, 0) is 11.3 Å². The molecule has 2 N–H and O–H groups in total. The number of carbonyl (C=O) groups excluding carboxylic acids is 2. The summed E-state index contributed by atoms with van der Waals surface area (Å²) in [6.45, 7) is 6.38. The van der Waals surface area contributed by atoms with Crippen LogP contribution in [0.3, 0.4) is 0 Å². The van der Waals surface area contributed by atoms with Gasteiger partial charge in [-0.05, 0) is 43.2 Å². The highest BCUT2D eigenvalue weighted by molar-refractivity contribution is 5.88. The van der Waals surface area contributed by atoms with Crippen molar-refractivity contribution in [2.45, 2.75) is 33.4 Å². The van der Waals surface area contributed by atoms with E-state index in [9.17, 15) is 9.59 Å². The molecule has 0 fully saturated rings. The van der Waals surface area contributed by atoms with Crippen LogP contribution in [0.2, 0.25) is 0 Å². The maximum Gasteiger partial charge on any atom is 0.318 e. The maximum absolute atomic E-state index is 12.5. The fraction of sp³-hybridized carbons (Fsp3) is 0.316. The lowest BCUT2D eigenvalue weighted by atomic mass is 10.1. The molecule has 0 spiro atoms. The van der Waals surface area contributed by atoms with Gasteiger partial charge >= 0.3 is 6.03 Å². The lowest BCUT2D eigenvalue weighted by Gasteiger charge is -2.28. The van der Waals surface area contributed by atoms with Crippen molar-refractivity contribution in [3.63, 3.8) is 0 Å². The predicted octanol–water partition coefficient (Wildman–Crippen LogP) is 3.33. The van der Waals surface area contributed by atoms with Gasteiger partial charge in [0.15, 0.2) is 0 Å². The van der Waals surface area contributed by atoms with Crippen LogP contribution < -0.4 is 10.6 Å². The largest absolute Gasteiger partial charge is 0.334 e. The van der Waals surface area contributed by atoms with Gasteiger partial charge in [0.2, 0.25) is 5.91 Å². The Morgan fingerprint density at radius 2 is 2.04 bits per heavy atom. The molecule has 1 aromatic heterocycles. The van der Waals surface area contributed by atoms with E-state index in [2.05, 4.69) is 15.6 Å². The van der Waals surface area contributed by atoms with Gasteiger partial charge in [0.25, 0.3) is 0 Å². The van der Waals surface area contributed by atoms with Gasteiger partial charge in [-0.25, -0.2) is 4.79 Å². The van der Waals surface area contributed by atoms with E-state index < -0.39 is 0 Å². The van der Waals surface area contributed by atoms with Gasteiger partial charge in [-0.2, -0.15) is 0 Å². The van der Waals surface area contributed by atoms with Crippen LogP contribution in [0.5, 0.6) is 0 Å². The Labute approximate surface area is 148 Å². The van der Waals surface area contributed by atoms with Gasteiger partial charge < -0.3 is 15.5 Å². The lowest BCUT2D eigenvalue weighted by Crippen LogP contribution is -2.41. The highest BCUT2D eigenvalue weighted by atomic mass is 16.2. The molecule has 0 unspecified atom stereocenters. The minimum Gasteiger partial charge on any atom is -0.334 e. The Bertz CT molecular complexity index is 718. The first-order valence-corrected chi connectivity index (χ1v) is 8.32. The second-order valence-corrected chi connectivity index (χ2v) is 5.79. The molecule has 6 nitrogen and oxygen atoms in total. The van der Waals surface area contributed by atoms with Gasteiger partial charge in [-0.1, -0.05) is 18.2 Å². The van der Waals surface area contributed by atoms with E-state index in [1.807, 2.05) is 50.2 Å². The molecule has 3 amide bonds. The van der Waals surface area contributed by atoms with E-state index in [4.69, 9.17) is 0 Å². The van der Waals surface area contributed by atoms with Crippen LogP contribution >= 0.6 is 0 Å². The minimum atomic E-state index is -0.135. The van der Waals surface area contributed by atoms with E-state index in [0.717, 1.165) is 16.8 Å². The number of urea groups is 1. The number of anilines is 1. The van der Waals surface area contributed by atoms with E-state index >= 15 is 0 Å². The molecule has 0 aliphatic rings. The van der Waals surface area contributed by atoms with Crippen molar-refractivity contribution in [2.24, 2.45) is 0 Å². The van der Waals surface area contributed by atoms with Gasteiger partial charge in [0, 0.05) is 38.1 Å². The second kappa shape index (κ2) is 8.82. The number of benzene rings is 1. The first-order chi connectivity index (χ1) is 12.0. The number of aromatic nitrogens is 1. The summed E-state index contributed by atoms with van der Waals surface area (Å²) in [6, 6.07) is 11.1. The Hall–Kier alpha value is -2.89. The molecule has 0 saturated carbocycles. The quantitative estimate of drug-likeness (QED) is 0.847. The van der Waals surface area contributed by atoms with Crippen LogP contribution in [0.15, 0.2) is 48.8 Å². The zero-order chi connectivity index (χ0) is 18.2. The summed E-state index contributed by atoms with van der Waals surface area (Å²) in [5, 5.41) is 5.67. The Morgan fingerprint density at radius 3 is 2.68 bits per heavy atom. The molecule has 0 radical (unpaired) electrons. The molecule has 132 valence electrons. The number of amides is 3. The number of hydrogen-bond donors (Lipinski definition) is 2.